The minimum Gasteiger partial charge on any atom is -0.349 e. The lowest BCUT2D eigenvalue weighted by atomic mass is 9.88. The van der Waals surface area contributed by atoms with Gasteiger partial charge in [-0.25, -0.2) is 8.78 Å². The van der Waals surface area contributed by atoms with Crippen molar-refractivity contribution in [2.24, 2.45) is 0 Å². The lowest BCUT2D eigenvalue weighted by Crippen LogP contribution is -2.31. The highest BCUT2D eigenvalue weighted by Crippen LogP contribution is 2.29. The summed E-state index contributed by atoms with van der Waals surface area (Å²) in [4.78, 5) is 12.8. The van der Waals surface area contributed by atoms with Crippen LogP contribution in [0.25, 0.3) is 0 Å². The minimum absolute atomic E-state index is 0.00760. The molecule has 1 N–H and O–H groups in total. The van der Waals surface area contributed by atoms with Crippen LogP contribution in [0.5, 0.6) is 0 Å². The predicted molar refractivity (Wildman–Crippen MR) is 92.0 cm³/mol. The number of hydrogen-bond acceptors (Lipinski definition) is 2. The molecule has 0 bridgehead atoms. The first kappa shape index (κ1) is 17.0. The quantitative estimate of drug-likeness (QED) is 0.798. The van der Waals surface area contributed by atoms with Crippen LogP contribution in [-0.4, -0.2) is 11.7 Å². The van der Waals surface area contributed by atoms with E-state index in [0.29, 0.717) is 17.1 Å². The number of fused-ring (bicyclic) bond motifs is 1. The van der Waals surface area contributed by atoms with E-state index in [4.69, 9.17) is 0 Å². The number of carbonyl (C=O) groups is 1. The fraction of sp³-hybridized carbons (Fsp3) is 0.316. The van der Waals surface area contributed by atoms with E-state index < -0.39 is 11.6 Å². The fourth-order valence-electron chi connectivity index (χ4n) is 3.00. The Morgan fingerprint density at radius 3 is 2.83 bits per heavy atom. The third-order valence-electron chi connectivity index (χ3n) is 4.19. The van der Waals surface area contributed by atoms with E-state index >= 15 is 0 Å². The molecule has 0 unspecified atom stereocenters. The Balaban J connectivity index is 1.50. The molecule has 24 heavy (non-hydrogen) atoms. The van der Waals surface area contributed by atoms with Crippen LogP contribution in [0.15, 0.2) is 47.4 Å². The Morgan fingerprint density at radius 1 is 1.17 bits per heavy atom. The van der Waals surface area contributed by atoms with E-state index in [1.165, 1.54) is 29.0 Å². The number of aryl methyl sites for hydroxylation is 1. The van der Waals surface area contributed by atoms with E-state index in [0.717, 1.165) is 31.4 Å². The molecular weight excluding hydrogens is 328 g/mol. The van der Waals surface area contributed by atoms with Crippen molar-refractivity contribution in [2.45, 2.75) is 36.6 Å². The molecule has 3 rings (SSSR count). The Kier molecular flexibility index (Phi) is 5.51. The lowest BCUT2D eigenvalue weighted by molar-refractivity contribution is -0.121. The van der Waals surface area contributed by atoms with Crippen LogP contribution in [-0.2, 0) is 11.2 Å². The maximum absolute atomic E-state index is 13.1. The van der Waals surface area contributed by atoms with Gasteiger partial charge < -0.3 is 5.32 Å². The number of benzene rings is 2. The summed E-state index contributed by atoms with van der Waals surface area (Å²) in [6.45, 7) is 0. The van der Waals surface area contributed by atoms with E-state index in [1.807, 2.05) is 12.1 Å². The van der Waals surface area contributed by atoms with Crippen molar-refractivity contribution in [3.8, 4) is 0 Å². The maximum Gasteiger partial charge on any atom is 0.221 e. The summed E-state index contributed by atoms with van der Waals surface area (Å²) in [5, 5.41) is 3.10. The number of hydrogen-bond donors (Lipinski definition) is 1. The molecule has 2 aromatic carbocycles. The van der Waals surface area contributed by atoms with Crippen molar-refractivity contribution in [3.05, 3.63) is 65.2 Å². The lowest BCUT2D eigenvalue weighted by Gasteiger charge is -2.26. The van der Waals surface area contributed by atoms with E-state index in [-0.39, 0.29) is 11.9 Å². The Labute approximate surface area is 144 Å². The second kappa shape index (κ2) is 7.79. The number of carbonyl (C=O) groups excluding carboxylic acids is 1. The van der Waals surface area contributed by atoms with Crippen molar-refractivity contribution >= 4 is 17.7 Å². The van der Waals surface area contributed by atoms with Gasteiger partial charge in [0.1, 0.15) is 0 Å². The van der Waals surface area contributed by atoms with Gasteiger partial charge in [0.05, 0.1) is 6.04 Å². The summed E-state index contributed by atoms with van der Waals surface area (Å²) in [6, 6.07) is 12.1. The average Bonchev–Trinajstić information content (AvgIpc) is 2.58. The molecule has 2 nitrogen and oxygen atoms in total. The van der Waals surface area contributed by atoms with Crippen molar-refractivity contribution in [2.75, 3.05) is 5.75 Å². The van der Waals surface area contributed by atoms with Crippen LogP contribution >= 0.6 is 11.8 Å². The Hall–Kier alpha value is -1.88. The third kappa shape index (κ3) is 4.15. The monoisotopic (exact) mass is 347 g/mol. The number of thioether (sulfide) groups is 1. The summed E-state index contributed by atoms with van der Waals surface area (Å²) in [7, 11) is 0. The molecule has 5 heteroatoms. The van der Waals surface area contributed by atoms with Gasteiger partial charge in [-0.15, -0.1) is 11.8 Å². The van der Waals surface area contributed by atoms with Gasteiger partial charge in [-0.1, -0.05) is 24.3 Å². The molecule has 1 atom stereocenters. The smallest absolute Gasteiger partial charge is 0.221 e. The molecule has 0 aromatic heterocycles. The summed E-state index contributed by atoms with van der Waals surface area (Å²) in [5.74, 6) is -1.19. The molecule has 0 heterocycles. The molecule has 0 fully saturated rings. The number of halogens is 2. The van der Waals surface area contributed by atoms with Crippen molar-refractivity contribution in [3.63, 3.8) is 0 Å². The zero-order chi connectivity index (χ0) is 16.9. The first-order chi connectivity index (χ1) is 11.6. The van der Waals surface area contributed by atoms with Crippen molar-refractivity contribution in [1.82, 2.24) is 5.32 Å². The average molecular weight is 347 g/mol. The van der Waals surface area contributed by atoms with Gasteiger partial charge in [-0.3, -0.25) is 4.79 Å². The molecule has 0 spiro atoms. The molecule has 1 aliphatic carbocycles. The normalized spacial score (nSPS) is 16.5. The summed E-state index contributed by atoms with van der Waals surface area (Å²) in [5.41, 5.74) is 2.52. The van der Waals surface area contributed by atoms with Crippen molar-refractivity contribution in [1.29, 1.82) is 0 Å². The molecule has 0 radical (unpaired) electrons. The molecule has 1 amide bonds. The molecule has 126 valence electrons. The Morgan fingerprint density at radius 2 is 2.00 bits per heavy atom. The SMILES string of the molecule is O=C(CCSc1ccc(F)c(F)c1)N[C@@H]1CCCc2ccccc21. The van der Waals surface area contributed by atoms with E-state index in [9.17, 15) is 13.6 Å². The molecule has 0 saturated carbocycles. The van der Waals surface area contributed by atoms with Crippen LogP contribution in [0.1, 0.15) is 36.4 Å². The number of nitrogens with one attached hydrogen (secondary N) is 1. The van der Waals surface area contributed by atoms with Gasteiger partial charge in [0.2, 0.25) is 5.91 Å². The highest BCUT2D eigenvalue weighted by Gasteiger charge is 2.21. The van der Waals surface area contributed by atoms with Gasteiger partial charge in [0.25, 0.3) is 0 Å². The second-order valence-corrected chi connectivity index (χ2v) is 7.05. The third-order valence-corrected chi connectivity index (χ3v) is 5.19. The van der Waals surface area contributed by atoms with Gasteiger partial charge in [0.15, 0.2) is 11.6 Å². The maximum atomic E-state index is 13.1. The Bertz CT molecular complexity index is 735. The number of amides is 1. The zero-order valence-electron chi connectivity index (χ0n) is 13.2. The van der Waals surface area contributed by atoms with Gasteiger partial charge in [-0.05, 0) is 48.6 Å². The van der Waals surface area contributed by atoms with Crippen LogP contribution in [0.3, 0.4) is 0 Å². The zero-order valence-corrected chi connectivity index (χ0v) is 14.0. The van der Waals surface area contributed by atoms with Gasteiger partial charge >= 0.3 is 0 Å². The highest BCUT2D eigenvalue weighted by molar-refractivity contribution is 7.99. The minimum atomic E-state index is -0.858. The van der Waals surface area contributed by atoms with Crippen LogP contribution in [0, 0.1) is 11.6 Å². The highest BCUT2D eigenvalue weighted by atomic mass is 32.2. The molecule has 2 aromatic rings. The summed E-state index contributed by atoms with van der Waals surface area (Å²) < 4.78 is 26.0. The largest absolute Gasteiger partial charge is 0.349 e. The topological polar surface area (TPSA) is 29.1 Å². The van der Waals surface area contributed by atoms with E-state index in [1.54, 1.807) is 0 Å². The van der Waals surface area contributed by atoms with E-state index in [2.05, 4.69) is 17.4 Å². The molecular formula is C19H19F2NOS. The molecule has 1 aliphatic rings. The van der Waals surface area contributed by atoms with Gasteiger partial charge in [0, 0.05) is 17.1 Å². The number of rotatable bonds is 5. The summed E-state index contributed by atoms with van der Waals surface area (Å²) >= 11 is 1.35. The summed E-state index contributed by atoms with van der Waals surface area (Å²) in [6.07, 6.45) is 3.45. The van der Waals surface area contributed by atoms with Crippen LogP contribution < -0.4 is 5.32 Å². The fourth-order valence-corrected chi connectivity index (χ4v) is 3.87. The van der Waals surface area contributed by atoms with Crippen LogP contribution in [0.2, 0.25) is 0 Å². The van der Waals surface area contributed by atoms with Gasteiger partial charge in [-0.2, -0.15) is 0 Å². The van der Waals surface area contributed by atoms with Crippen LogP contribution in [0.4, 0.5) is 8.78 Å². The molecule has 0 saturated heterocycles. The first-order valence-corrected chi connectivity index (χ1v) is 9.07. The standard InChI is InChI=1S/C19H19F2NOS/c20-16-9-8-14(12-17(16)21)24-11-10-19(23)22-18-7-3-5-13-4-1-2-6-15(13)18/h1-2,4,6,8-9,12,18H,3,5,7,10-11H2,(H,22,23)/t18-/m1/s1. The molecule has 0 aliphatic heterocycles. The predicted octanol–water partition coefficient (Wildman–Crippen LogP) is 4.64. The second-order valence-electron chi connectivity index (χ2n) is 5.89. The van der Waals surface area contributed by atoms with Crippen molar-refractivity contribution < 1.29 is 13.6 Å². The first-order valence-electron chi connectivity index (χ1n) is 8.08.